The highest BCUT2D eigenvalue weighted by molar-refractivity contribution is 9.10. The predicted octanol–water partition coefficient (Wildman–Crippen LogP) is 4.81. The first-order chi connectivity index (χ1) is 16.8. The fourth-order valence-corrected chi connectivity index (χ4v) is 6.84. The normalized spacial score (nSPS) is 20.3. The Balaban J connectivity index is 1.55. The van der Waals surface area contributed by atoms with Crippen LogP contribution in [0.4, 0.5) is 5.69 Å². The molecule has 1 N–H and O–H groups in total. The number of ether oxygens (including phenoxy) is 1. The van der Waals surface area contributed by atoms with Crippen LogP contribution in [0, 0.1) is 0 Å². The number of amidine groups is 1. The Morgan fingerprint density at radius 1 is 1.11 bits per heavy atom. The van der Waals surface area contributed by atoms with Crippen LogP contribution in [0.2, 0.25) is 0 Å². The van der Waals surface area contributed by atoms with E-state index >= 15 is 0 Å². The molecule has 2 fully saturated rings. The first kappa shape index (κ1) is 25.7. The largest absolute Gasteiger partial charge is 0.497 e. The maximum atomic E-state index is 13.4. The molecule has 4 rings (SSSR count). The molecule has 2 amide bonds. The topological polar surface area (TPSA) is 105 Å². The smallest absolute Gasteiger partial charge is 0.284 e. The van der Waals surface area contributed by atoms with E-state index in [1.165, 1.54) is 17.0 Å². The van der Waals surface area contributed by atoms with Gasteiger partial charge in [-0.15, -0.1) is 4.40 Å². The lowest BCUT2D eigenvalue weighted by Gasteiger charge is -2.30. The van der Waals surface area contributed by atoms with Gasteiger partial charge in [-0.1, -0.05) is 47.0 Å². The van der Waals surface area contributed by atoms with E-state index in [1.807, 2.05) is 0 Å². The number of benzene rings is 2. The van der Waals surface area contributed by atoms with Crippen molar-refractivity contribution < 1.29 is 22.7 Å². The molecule has 1 saturated heterocycles. The second-order valence-electron chi connectivity index (χ2n) is 8.39. The number of anilines is 1. The van der Waals surface area contributed by atoms with Gasteiger partial charge in [0, 0.05) is 22.6 Å². The summed E-state index contributed by atoms with van der Waals surface area (Å²) in [6.45, 7) is 0. The van der Waals surface area contributed by atoms with Gasteiger partial charge in [0.15, 0.2) is 5.17 Å². The van der Waals surface area contributed by atoms with E-state index < -0.39 is 15.3 Å². The van der Waals surface area contributed by atoms with Gasteiger partial charge in [-0.05, 0) is 61.4 Å². The molecule has 0 bridgehead atoms. The Kier molecular flexibility index (Phi) is 8.18. The van der Waals surface area contributed by atoms with Gasteiger partial charge in [0.1, 0.15) is 11.0 Å². The number of nitrogens with zero attached hydrogens (tertiary/aromatic N) is 2. The summed E-state index contributed by atoms with van der Waals surface area (Å²) in [5.74, 6) is 0.0682. The van der Waals surface area contributed by atoms with Crippen LogP contribution in [0.15, 0.2) is 62.3 Å². The summed E-state index contributed by atoms with van der Waals surface area (Å²) in [6.07, 6.45) is 4.50. The van der Waals surface area contributed by atoms with Crippen molar-refractivity contribution in [3.8, 4) is 5.75 Å². The lowest BCUT2D eigenvalue weighted by atomic mass is 9.94. The van der Waals surface area contributed by atoms with Crippen LogP contribution >= 0.6 is 27.7 Å². The fourth-order valence-electron chi connectivity index (χ4n) is 4.17. The molecule has 1 aliphatic carbocycles. The maximum Gasteiger partial charge on any atom is 0.284 e. The fraction of sp³-hybridized carbons (Fsp3) is 0.375. The van der Waals surface area contributed by atoms with Crippen LogP contribution in [0.5, 0.6) is 5.75 Å². The highest BCUT2D eigenvalue weighted by Crippen LogP contribution is 2.36. The predicted molar refractivity (Wildman–Crippen MR) is 140 cm³/mol. The third-order valence-corrected chi connectivity index (χ3v) is 9.04. The third-order valence-electron chi connectivity index (χ3n) is 5.96. The number of sulfonamides is 1. The van der Waals surface area contributed by atoms with Crippen molar-refractivity contribution in [1.82, 2.24) is 4.90 Å². The minimum Gasteiger partial charge on any atom is -0.497 e. The Morgan fingerprint density at radius 3 is 2.40 bits per heavy atom. The van der Waals surface area contributed by atoms with Crippen LogP contribution in [0.3, 0.4) is 0 Å². The summed E-state index contributed by atoms with van der Waals surface area (Å²) >= 11 is 4.35. The maximum absolute atomic E-state index is 13.4. The zero-order chi connectivity index (χ0) is 25.0. The molecule has 8 nitrogen and oxygen atoms in total. The molecule has 0 radical (unpaired) electrons. The molecule has 11 heteroatoms. The van der Waals surface area contributed by atoms with Crippen molar-refractivity contribution in [2.24, 2.45) is 4.40 Å². The standard InChI is InChI=1S/C24H26BrN3O5S2/c1-33-19-11-9-17(10-12-19)26-22(29)15-21-23(30)28(18-5-3-2-4-6-18)24(34-21)27-35(31,32)20-13-7-16(25)8-14-20/h7-14,18,21H,2-6,15H2,1H3,(H,26,29). The number of amides is 2. The molecule has 2 aliphatic rings. The highest BCUT2D eigenvalue weighted by atomic mass is 79.9. The molecule has 0 spiro atoms. The second-order valence-corrected chi connectivity index (χ2v) is 12.1. The quantitative estimate of drug-likeness (QED) is 0.504. The van der Waals surface area contributed by atoms with Gasteiger partial charge < -0.3 is 10.1 Å². The zero-order valence-electron chi connectivity index (χ0n) is 19.1. The van der Waals surface area contributed by atoms with E-state index in [1.54, 1.807) is 43.5 Å². The van der Waals surface area contributed by atoms with Crippen LogP contribution in [-0.2, 0) is 19.6 Å². The average molecular weight is 581 g/mol. The molecule has 1 saturated carbocycles. The molecule has 1 atom stereocenters. The van der Waals surface area contributed by atoms with Crippen LogP contribution in [0.1, 0.15) is 38.5 Å². The Labute approximate surface area is 217 Å². The Morgan fingerprint density at radius 2 is 1.77 bits per heavy atom. The summed E-state index contributed by atoms with van der Waals surface area (Å²) in [7, 11) is -2.46. The van der Waals surface area contributed by atoms with E-state index in [0.29, 0.717) is 11.4 Å². The van der Waals surface area contributed by atoms with E-state index in [2.05, 4.69) is 25.6 Å². The number of carbonyl (C=O) groups is 2. The molecule has 2 aromatic rings. The van der Waals surface area contributed by atoms with Gasteiger partial charge in [0.05, 0.1) is 12.0 Å². The van der Waals surface area contributed by atoms with Crippen LogP contribution in [0.25, 0.3) is 0 Å². The number of carbonyl (C=O) groups excluding carboxylic acids is 2. The van der Waals surface area contributed by atoms with Crippen molar-refractivity contribution in [3.05, 3.63) is 53.0 Å². The summed E-state index contributed by atoms with van der Waals surface area (Å²) in [4.78, 5) is 27.7. The monoisotopic (exact) mass is 579 g/mol. The van der Waals surface area contributed by atoms with Crippen molar-refractivity contribution in [1.29, 1.82) is 0 Å². The van der Waals surface area contributed by atoms with Crippen LogP contribution < -0.4 is 10.1 Å². The number of hydrogen-bond donors (Lipinski definition) is 1. The summed E-state index contributed by atoms with van der Waals surface area (Å²) in [5.41, 5.74) is 0.585. The summed E-state index contributed by atoms with van der Waals surface area (Å²) in [6, 6.07) is 13.0. The van der Waals surface area contributed by atoms with Crippen molar-refractivity contribution in [2.75, 3.05) is 12.4 Å². The number of thioether (sulfide) groups is 1. The van der Waals surface area contributed by atoms with Gasteiger partial charge >= 0.3 is 0 Å². The number of hydrogen-bond acceptors (Lipinski definition) is 6. The van der Waals surface area contributed by atoms with E-state index in [-0.39, 0.29) is 34.3 Å². The molecular formula is C24H26BrN3O5S2. The van der Waals surface area contributed by atoms with Crippen LogP contribution in [-0.4, -0.2) is 48.7 Å². The highest BCUT2D eigenvalue weighted by Gasteiger charge is 2.43. The molecule has 1 aliphatic heterocycles. The van der Waals surface area contributed by atoms with E-state index in [0.717, 1.165) is 48.3 Å². The van der Waals surface area contributed by atoms with Crippen molar-refractivity contribution in [2.45, 2.75) is 54.7 Å². The second kappa shape index (κ2) is 11.1. The SMILES string of the molecule is COc1ccc(NC(=O)CC2SC(=NS(=O)(=O)c3ccc(Br)cc3)N(C3CCCCC3)C2=O)cc1. The number of methoxy groups -OCH3 is 1. The number of rotatable bonds is 7. The minimum absolute atomic E-state index is 0.0468. The van der Waals surface area contributed by atoms with Crippen molar-refractivity contribution >= 4 is 60.4 Å². The molecule has 2 aromatic carbocycles. The first-order valence-electron chi connectivity index (χ1n) is 11.3. The third kappa shape index (κ3) is 6.25. The lowest BCUT2D eigenvalue weighted by molar-refractivity contribution is -0.130. The first-order valence-corrected chi connectivity index (χ1v) is 14.4. The van der Waals surface area contributed by atoms with E-state index in [4.69, 9.17) is 4.74 Å². The molecule has 35 heavy (non-hydrogen) atoms. The van der Waals surface area contributed by atoms with Gasteiger partial charge in [0.2, 0.25) is 11.8 Å². The Hall–Kier alpha value is -2.37. The van der Waals surface area contributed by atoms with Gasteiger partial charge in [-0.3, -0.25) is 14.5 Å². The molecule has 1 heterocycles. The average Bonchev–Trinajstić information content (AvgIpc) is 3.13. The van der Waals surface area contributed by atoms with E-state index in [9.17, 15) is 18.0 Å². The minimum atomic E-state index is -4.02. The van der Waals surface area contributed by atoms with Gasteiger partial charge in [-0.25, -0.2) is 0 Å². The summed E-state index contributed by atoms with van der Waals surface area (Å²) < 4.78 is 36.0. The molecular weight excluding hydrogens is 554 g/mol. The molecule has 1 unspecified atom stereocenters. The van der Waals surface area contributed by atoms with Gasteiger partial charge in [0.25, 0.3) is 10.0 Å². The zero-order valence-corrected chi connectivity index (χ0v) is 22.4. The Bertz CT molecular complexity index is 1210. The van der Waals surface area contributed by atoms with Crippen molar-refractivity contribution in [3.63, 3.8) is 0 Å². The number of nitrogens with one attached hydrogen (secondary N) is 1. The van der Waals surface area contributed by atoms with Gasteiger partial charge in [-0.2, -0.15) is 8.42 Å². The molecule has 186 valence electrons. The molecule has 0 aromatic heterocycles. The number of halogens is 1. The summed E-state index contributed by atoms with van der Waals surface area (Å²) in [5, 5.41) is 2.19. The lowest BCUT2D eigenvalue weighted by Crippen LogP contribution is -2.42.